The maximum atomic E-state index is 13.0. The summed E-state index contributed by atoms with van der Waals surface area (Å²) in [5.41, 5.74) is 0.610. The molecule has 164 valence electrons. The molecule has 0 bridgehead atoms. The van der Waals surface area contributed by atoms with Crippen molar-refractivity contribution in [1.82, 2.24) is 4.57 Å². The quantitative estimate of drug-likeness (QED) is 0.237. The van der Waals surface area contributed by atoms with Crippen LogP contribution in [0.1, 0.15) is 16.6 Å². The molecular weight excluding hydrogens is 454 g/mol. The second-order valence-corrected chi connectivity index (χ2v) is 8.68. The molecule has 4 rings (SSSR count). The first kappa shape index (κ1) is 21.7. The van der Waals surface area contributed by atoms with E-state index in [9.17, 15) is 19.7 Å². The zero-order valence-electron chi connectivity index (χ0n) is 17.1. The van der Waals surface area contributed by atoms with Crippen LogP contribution in [0.3, 0.4) is 0 Å². The third-order valence-corrected chi connectivity index (χ3v) is 6.75. The number of aromatic nitrogens is 1. The highest BCUT2D eigenvalue weighted by atomic mass is 32.1. The molecule has 0 saturated heterocycles. The highest BCUT2D eigenvalue weighted by Gasteiger charge is 2.17. The van der Waals surface area contributed by atoms with Gasteiger partial charge in [0.1, 0.15) is 17.8 Å². The molecule has 0 spiro atoms. The second-order valence-electron chi connectivity index (χ2n) is 6.59. The summed E-state index contributed by atoms with van der Waals surface area (Å²) in [4.78, 5) is 40.5. The summed E-state index contributed by atoms with van der Waals surface area (Å²) < 4.78 is 13.7. The Labute approximate surface area is 189 Å². The molecule has 2 aromatic heterocycles. The number of carbonyl (C=O) groups excluding carboxylic acids is 2. The van der Waals surface area contributed by atoms with E-state index < -0.39 is 16.8 Å². The number of rotatable bonds is 6. The minimum absolute atomic E-state index is 0.0462. The number of carbonyl (C=O) groups is 2. The van der Waals surface area contributed by atoms with Gasteiger partial charge in [0, 0.05) is 22.2 Å². The van der Waals surface area contributed by atoms with Gasteiger partial charge in [0.25, 0.3) is 11.6 Å². The van der Waals surface area contributed by atoms with Gasteiger partial charge >= 0.3 is 5.97 Å². The van der Waals surface area contributed by atoms with Crippen LogP contribution in [0.25, 0.3) is 20.3 Å². The standard InChI is InChI=1S/C21H17N3O6S2/c1-3-30-14-5-4-6-16-19(14)23(11-18(25)29-2)21(32-16)22-20(26)17-10-12-9-13(24(27)28)7-8-15(12)31-17/h4-10H,3,11H2,1-2H3. The summed E-state index contributed by atoms with van der Waals surface area (Å²) in [5, 5.41) is 11.6. The third kappa shape index (κ3) is 4.12. The molecule has 1 amide bonds. The predicted molar refractivity (Wildman–Crippen MR) is 121 cm³/mol. The van der Waals surface area contributed by atoms with Crippen molar-refractivity contribution < 1.29 is 24.0 Å². The summed E-state index contributed by atoms with van der Waals surface area (Å²) in [6.45, 7) is 2.16. The maximum absolute atomic E-state index is 13.0. The lowest BCUT2D eigenvalue weighted by Crippen LogP contribution is -2.22. The van der Waals surface area contributed by atoms with E-state index in [4.69, 9.17) is 9.47 Å². The maximum Gasteiger partial charge on any atom is 0.325 e. The Morgan fingerprint density at radius 3 is 2.69 bits per heavy atom. The molecule has 0 N–H and O–H groups in total. The van der Waals surface area contributed by atoms with Crippen LogP contribution in [-0.4, -0.2) is 35.1 Å². The Bertz CT molecular complexity index is 1430. The molecule has 0 aliphatic rings. The van der Waals surface area contributed by atoms with Crippen molar-refractivity contribution in [3.05, 3.63) is 62.3 Å². The van der Waals surface area contributed by atoms with Crippen LogP contribution < -0.4 is 9.54 Å². The van der Waals surface area contributed by atoms with Gasteiger partial charge in [0.2, 0.25) is 0 Å². The fraction of sp³-hybridized carbons (Fsp3) is 0.190. The normalized spacial score (nSPS) is 11.8. The number of thiazole rings is 1. The van der Waals surface area contributed by atoms with Crippen LogP contribution >= 0.6 is 22.7 Å². The second kappa shape index (κ2) is 8.89. The molecule has 2 aromatic carbocycles. The minimum Gasteiger partial charge on any atom is -0.492 e. The number of ether oxygens (including phenoxy) is 2. The molecule has 0 fully saturated rings. The first-order valence-electron chi connectivity index (χ1n) is 9.50. The molecule has 2 heterocycles. The number of thiophene rings is 1. The summed E-state index contributed by atoms with van der Waals surface area (Å²) >= 11 is 2.46. The zero-order chi connectivity index (χ0) is 22.8. The molecule has 0 unspecified atom stereocenters. The molecule has 32 heavy (non-hydrogen) atoms. The van der Waals surface area contributed by atoms with Crippen molar-refractivity contribution in [3.8, 4) is 5.75 Å². The van der Waals surface area contributed by atoms with Crippen LogP contribution in [0, 0.1) is 10.1 Å². The fourth-order valence-electron chi connectivity index (χ4n) is 3.19. The van der Waals surface area contributed by atoms with Gasteiger partial charge in [-0.15, -0.1) is 11.3 Å². The molecule has 0 atom stereocenters. The van der Waals surface area contributed by atoms with E-state index in [2.05, 4.69) is 4.99 Å². The lowest BCUT2D eigenvalue weighted by Gasteiger charge is -2.08. The number of amides is 1. The summed E-state index contributed by atoms with van der Waals surface area (Å²) in [7, 11) is 1.29. The van der Waals surface area contributed by atoms with E-state index in [1.54, 1.807) is 22.8 Å². The third-order valence-electron chi connectivity index (χ3n) is 4.60. The number of hydrogen-bond donors (Lipinski definition) is 0. The van der Waals surface area contributed by atoms with Gasteiger partial charge in [0.05, 0.1) is 28.2 Å². The predicted octanol–water partition coefficient (Wildman–Crippen LogP) is 4.14. The number of nitro groups is 1. The average molecular weight is 472 g/mol. The summed E-state index contributed by atoms with van der Waals surface area (Å²) in [5.74, 6) is -0.413. The van der Waals surface area contributed by atoms with E-state index >= 15 is 0 Å². The van der Waals surface area contributed by atoms with Gasteiger partial charge in [0.15, 0.2) is 4.80 Å². The lowest BCUT2D eigenvalue weighted by molar-refractivity contribution is -0.384. The molecule has 9 nitrogen and oxygen atoms in total. The molecule has 0 aliphatic carbocycles. The van der Waals surface area contributed by atoms with Crippen molar-refractivity contribution in [1.29, 1.82) is 0 Å². The number of methoxy groups -OCH3 is 1. The molecule has 0 radical (unpaired) electrons. The zero-order valence-corrected chi connectivity index (χ0v) is 18.7. The van der Waals surface area contributed by atoms with Crippen LogP contribution in [0.5, 0.6) is 5.75 Å². The monoisotopic (exact) mass is 471 g/mol. The van der Waals surface area contributed by atoms with Gasteiger partial charge < -0.3 is 14.0 Å². The van der Waals surface area contributed by atoms with Crippen LogP contribution in [0.2, 0.25) is 0 Å². The number of para-hydroxylation sites is 1. The Hall–Kier alpha value is -3.57. The van der Waals surface area contributed by atoms with Gasteiger partial charge in [-0.2, -0.15) is 4.99 Å². The fourth-order valence-corrected chi connectivity index (χ4v) is 5.16. The number of non-ortho nitro benzene ring substituents is 1. The van der Waals surface area contributed by atoms with Gasteiger partial charge in [-0.25, -0.2) is 0 Å². The van der Waals surface area contributed by atoms with Crippen LogP contribution in [0.4, 0.5) is 5.69 Å². The van der Waals surface area contributed by atoms with Gasteiger partial charge in [-0.3, -0.25) is 19.7 Å². The van der Waals surface area contributed by atoms with Crippen molar-refractivity contribution in [3.63, 3.8) is 0 Å². The summed E-state index contributed by atoms with van der Waals surface area (Å²) in [6.07, 6.45) is 0. The van der Waals surface area contributed by atoms with E-state index in [1.807, 2.05) is 19.1 Å². The molecule has 4 aromatic rings. The van der Waals surface area contributed by atoms with E-state index in [-0.39, 0.29) is 12.2 Å². The highest BCUT2D eigenvalue weighted by molar-refractivity contribution is 7.21. The number of esters is 1. The van der Waals surface area contributed by atoms with Crippen molar-refractivity contribution in [2.45, 2.75) is 13.5 Å². The first-order valence-corrected chi connectivity index (χ1v) is 11.1. The number of fused-ring (bicyclic) bond motifs is 2. The van der Waals surface area contributed by atoms with E-state index in [0.717, 1.165) is 9.40 Å². The smallest absolute Gasteiger partial charge is 0.325 e. The van der Waals surface area contributed by atoms with Crippen LogP contribution in [0.15, 0.2) is 47.5 Å². The number of benzene rings is 2. The SMILES string of the molecule is CCOc1cccc2sc(=NC(=O)c3cc4cc([N+](=O)[O-])ccc4s3)n(CC(=O)OC)c12. The average Bonchev–Trinajstić information content (AvgIpc) is 3.35. The van der Waals surface area contributed by atoms with E-state index in [1.165, 1.54) is 41.9 Å². The Kier molecular flexibility index (Phi) is 6.01. The summed E-state index contributed by atoms with van der Waals surface area (Å²) in [6, 6.07) is 11.5. The van der Waals surface area contributed by atoms with Crippen molar-refractivity contribution >= 4 is 60.5 Å². The number of nitro benzene ring substituents is 1. The highest BCUT2D eigenvalue weighted by Crippen LogP contribution is 2.30. The van der Waals surface area contributed by atoms with E-state index in [0.29, 0.717) is 32.9 Å². The van der Waals surface area contributed by atoms with Gasteiger partial charge in [-0.1, -0.05) is 17.4 Å². The topological polar surface area (TPSA) is 113 Å². The molecular formula is C21H17N3O6S2. The molecule has 0 aliphatic heterocycles. The minimum atomic E-state index is -0.503. The van der Waals surface area contributed by atoms with Gasteiger partial charge in [-0.05, 0) is 31.2 Å². The van der Waals surface area contributed by atoms with Crippen molar-refractivity contribution in [2.24, 2.45) is 4.99 Å². The molecule has 0 saturated carbocycles. The van der Waals surface area contributed by atoms with Crippen molar-refractivity contribution in [2.75, 3.05) is 13.7 Å². The Morgan fingerprint density at radius 2 is 1.97 bits per heavy atom. The Morgan fingerprint density at radius 1 is 1.16 bits per heavy atom. The van der Waals surface area contributed by atoms with Crippen LogP contribution in [-0.2, 0) is 16.1 Å². The molecule has 11 heteroatoms. The largest absolute Gasteiger partial charge is 0.492 e. The number of hydrogen-bond acceptors (Lipinski definition) is 8. The lowest BCUT2D eigenvalue weighted by atomic mass is 10.2. The Balaban J connectivity index is 1.83. The number of nitrogens with zero attached hydrogens (tertiary/aromatic N) is 3. The first-order chi connectivity index (χ1) is 15.4.